The third kappa shape index (κ3) is 6.07. The molecule has 0 aliphatic rings. The average molecular weight is 463 g/mol. The number of aryl methyl sites for hydroxylation is 2. The number of rotatable bonds is 11. The van der Waals surface area contributed by atoms with Gasteiger partial charge in [0.25, 0.3) is 0 Å². The Bertz CT molecular complexity index is 1080. The molecule has 0 saturated heterocycles. The van der Waals surface area contributed by atoms with Gasteiger partial charge in [0.15, 0.2) is 5.69 Å². The first kappa shape index (κ1) is 25.5. The second-order valence-electron chi connectivity index (χ2n) is 9.66. The van der Waals surface area contributed by atoms with Gasteiger partial charge in [-0.2, -0.15) is 5.10 Å². The van der Waals surface area contributed by atoms with Gasteiger partial charge >= 0.3 is 5.97 Å². The van der Waals surface area contributed by atoms with Gasteiger partial charge in [0.2, 0.25) is 5.88 Å². The highest BCUT2D eigenvalue weighted by Crippen LogP contribution is 2.37. The number of aromatic nitrogens is 2. The van der Waals surface area contributed by atoms with Crippen molar-refractivity contribution in [3.8, 4) is 17.0 Å². The molecule has 1 N–H and O–H groups in total. The molecule has 0 bridgehead atoms. The third-order valence-electron chi connectivity index (χ3n) is 6.22. The van der Waals surface area contributed by atoms with Gasteiger partial charge in [0.1, 0.15) is 0 Å². The first-order valence-electron chi connectivity index (χ1n) is 12.4. The van der Waals surface area contributed by atoms with E-state index in [0.29, 0.717) is 12.0 Å². The molecular formula is C29H38N2O3. The average Bonchev–Trinajstić information content (AvgIpc) is 3.17. The van der Waals surface area contributed by atoms with E-state index in [4.69, 9.17) is 4.74 Å². The minimum Gasteiger partial charge on any atom is -0.493 e. The zero-order valence-electron chi connectivity index (χ0n) is 21.2. The van der Waals surface area contributed by atoms with Gasteiger partial charge in [-0.15, -0.1) is 0 Å². The van der Waals surface area contributed by atoms with Gasteiger partial charge in [-0.25, -0.2) is 9.48 Å². The molecule has 1 aromatic heterocycles. The predicted molar refractivity (Wildman–Crippen MR) is 137 cm³/mol. The predicted octanol–water partition coefficient (Wildman–Crippen LogP) is 6.84. The number of unbranched alkanes of at least 4 members (excludes halogenated alkanes) is 3. The molecule has 5 heteroatoms. The minimum atomic E-state index is -0.557. The quantitative estimate of drug-likeness (QED) is 0.250. The van der Waals surface area contributed by atoms with Gasteiger partial charge in [-0.05, 0) is 63.6 Å². The number of carbonyl (C=O) groups excluding carboxylic acids is 1. The molecule has 1 heterocycles. The molecule has 0 spiro atoms. The van der Waals surface area contributed by atoms with Crippen LogP contribution >= 0.6 is 0 Å². The number of benzene rings is 2. The molecule has 34 heavy (non-hydrogen) atoms. The van der Waals surface area contributed by atoms with Crippen LogP contribution in [0.15, 0.2) is 48.5 Å². The Balaban J connectivity index is 1.95. The molecule has 3 aromatic rings. The fraction of sp³-hybridized carbons (Fsp3) is 0.448. The van der Waals surface area contributed by atoms with Crippen molar-refractivity contribution in [3.05, 3.63) is 70.9 Å². The van der Waals surface area contributed by atoms with Gasteiger partial charge in [0.05, 0.1) is 17.7 Å². The number of carbonyl (C=O) groups is 1. The summed E-state index contributed by atoms with van der Waals surface area (Å²) in [5.74, 6) is -0.544. The molecule has 3 rings (SSSR count). The maximum atomic E-state index is 12.8. The van der Waals surface area contributed by atoms with E-state index < -0.39 is 11.5 Å². The SMILES string of the molecule is CCCCCCc1ccc(-c2c(C(=O)OCC)nn(C(C)(C)Cc3ccc(C)cc3)c2O)cc1. The molecule has 0 unspecified atom stereocenters. The van der Waals surface area contributed by atoms with Gasteiger partial charge in [-0.1, -0.05) is 80.3 Å². The van der Waals surface area contributed by atoms with E-state index in [1.165, 1.54) is 30.4 Å². The number of aromatic hydroxyl groups is 1. The summed E-state index contributed by atoms with van der Waals surface area (Å²) in [6.07, 6.45) is 6.55. The van der Waals surface area contributed by atoms with E-state index in [-0.39, 0.29) is 18.2 Å². The molecule has 0 amide bonds. The summed E-state index contributed by atoms with van der Waals surface area (Å²) < 4.78 is 6.84. The molecule has 5 nitrogen and oxygen atoms in total. The summed E-state index contributed by atoms with van der Waals surface area (Å²) in [5, 5.41) is 15.9. The van der Waals surface area contributed by atoms with Crippen LogP contribution in [0.1, 0.15) is 80.6 Å². The first-order valence-corrected chi connectivity index (χ1v) is 12.4. The van der Waals surface area contributed by atoms with E-state index >= 15 is 0 Å². The van der Waals surface area contributed by atoms with Crippen LogP contribution in [0.3, 0.4) is 0 Å². The monoisotopic (exact) mass is 462 g/mol. The fourth-order valence-electron chi connectivity index (χ4n) is 4.31. The van der Waals surface area contributed by atoms with Crippen LogP contribution in [-0.2, 0) is 23.1 Å². The van der Waals surface area contributed by atoms with Crippen LogP contribution in [0.25, 0.3) is 11.1 Å². The second-order valence-corrected chi connectivity index (χ2v) is 9.66. The zero-order chi connectivity index (χ0) is 24.7. The number of nitrogens with zero attached hydrogens (tertiary/aromatic N) is 2. The zero-order valence-corrected chi connectivity index (χ0v) is 21.2. The van der Waals surface area contributed by atoms with Crippen molar-refractivity contribution in [2.24, 2.45) is 0 Å². The Morgan fingerprint density at radius 1 is 0.971 bits per heavy atom. The highest BCUT2D eigenvalue weighted by atomic mass is 16.5. The standard InChI is InChI=1S/C29H38N2O3/c1-6-8-9-10-11-22-16-18-24(19-17-22)25-26(28(33)34-7-2)30-31(27(25)32)29(4,5)20-23-14-12-21(3)13-15-23/h12-19,32H,6-11,20H2,1-5H3. The van der Waals surface area contributed by atoms with E-state index in [1.807, 2.05) is 26.0 Å². The van der Waals surface area contributed by atoms with Crippen LogP contribution in [0.5, 0.6) is 5.88 Å². The van der Waals surface area contributed by atoms with E-state index in [2.05, 4.69) is 55.3 Å². The van der Waals surface area contributed by atoms with E-state index in [1.54, 1.807) is 11.6 Å². The van der Waals surface area contributed by atoms with Crippen molar-refractivity contribution in [2.75, 3.05) is 6.61 Å². The summed E-state index contributed by atoms with van der Waals surface area (Å²) in [6, 6.07) is 16.4. The van der Waals surface area contributed by atoms with Crippen LogP contribution in [0.2, 0.25) is 0 Å². The summed E-state index contributed by atoms with van der Waals surface area (Å²) in [4.78, 5) is 12.8. The minimum absolute atomic E-state index is 0.0177. The molecule has 0 aliphatic heterocycles. The van der Waals surface area contributed by atoms with Gasteiger partial charge in [0, 0.05) is 0 Å². The summed E-state index contributed by atoms with van der Waals surface area (Å²) in [6.45, 7) is 10.3. The van der Waals surface area contributed by atoms with Crippen LogP contribution < -0.4 is 0 Å². The van der Waals surface area contributed by atoms with E-state index in [0.717, 1.165) is 24.0 Å². The van der Waals surface area contributed by atoms with Crippen LogP contribution in [-0.4, -0.2) is 27.5 Å². The normalized spacial score (nSPS) is 11.6. The molecule has 2 aromatic carbocycles. The fourth-order valence-corrected chi connectivity index (χ4v) is 4.31. The third-order valence-corrected chi connectivity index (χ3v) is 6.22. The Morgan fingerprint density at radius 2 is 1.62 bits per heavy atom. The lowest BCUT2D eigenvalue weighted by molar-refractivity contribution is 0.0518. The molecule has 0 radical (unpaired) electrons. The molecule has 0 atom stereocenters. The van der Waals surface area contributed by atoms with Crippen LogP contribution in [0.4, 0.5) is 0 Å². The molecule has 0 aliphatic carbocycles. The molecule has 182 valence electrons. The first-order chi connectivity index (χ1) is 16.3. The molecular weight excluding hydrogens is 424 g/mol. The topological polar surface area (TPSA) is 64.3 Å². The van der Waals surface area contributed by atoms with Crippen molar-refractivity contribution in [3.63, 3.8) is 0 Å². The smallest absolute Gasteiger partial charge is 0.359 e. The lowest BCUT2D eigenvalue weighted by Gasteiger charge is -2.26. The largest absolute Gasteiger partial charge is 0.493 e. The van der Waals surface area contributed by atoms with Crippen molar-refractivity contribution in [1.29, 1.82) is 0 Å². The Labute approximate surface area is 203 Å². The molecule has 0 saturated carbocycles. The molecule has 0 fully saturated rings. The number of hydrogen-bond acceptors (Lipinski definition) is 4. The summed E-state index contributed by atoms with van der Waals surface area (Å²) in [7, 11) is 0. The van der Waals surface area contributed by atoms with Gasteiger partial charge < -0.3 is 9.84 Å². The number of ether oxygens (including phenoxy) is 1. The maximum Gasteiger partial charge on any atom is 0.359 e. The number of esters is 1. The van der Waals surface area contributed by atoms with Crippen LogP contribution in [0, 0.1) is 6.92 Å². The maximum absolute atomic E-state index is 12.8. The van der Waals surface area contributed by atoms with E-state index in [9.17, 15) is 9.90 Å². The van der Waals surface area contributed by atoms with Crippen molar-refractivity contribution < 1.29 is 14.6 Å². The Hall–Kier alpha value is -3.08. The number of hydrogen-bond donors (Lipinski definition) is 1. The highest BCUT2D eigenvalue weighted by Gasteiger charge is 2.32. The van der Waals surface area contributed by atoms with Crippen molar-refractivity contribution >= 4 is 5.97 Å². The Kier molecular flexibility index (Phi) is 8.54. The lowest BCUT2D eigenvalue weighted by atomic mass is 9.94. The Morgan fingerprint density at radius 3 is 2.24 bits per heavy atom. The highest BCUT2D eigenvalue weighted by molar-refractivity contribution is 5.97. The summed E-state index contributed by atoms with van der Waals surface area (Å²) >= 11 is 0. The van der Waals surface area contributed by atoms with Crippen molar-refractivity contribution in [2.45, 2.75) is 78.7 Å². The second kappa shape index (κ2) is 11.4. The summed E-state index contributed by atoms with van der Waals surface area (Å²) in [5.41, 5.74) is 4.36. The van der Waals surface area contributed by atoms with Crippen molar-refractivity contribution in [1.82, 2.24) is 9.78 Å². The van der Waals surface area contributed by atoms with Gasteiger partial charge in [-0.3, -0.25) is 0 Å². The lowest BCUT2D eigenvalue weighted by Crippen LogP contribution is -2.30.